The van der Waals surface area contributed by atoms with E-state index in [1.54, 1.807) is 0 Å². The molecular formula is C18H39NO2. The third-order valence-corrected chi connectivity index (χ3v) is 2.69. The molecule has 0 aliphatic carbocycles. The summed E-state index contributed by atoms with van der Waals surface area (Å²) in [4.78, 5) is 10.6. The molecule has 0 aromatic rings. The highest BCUT2D eigenvalue weighted by atomic mass is 16.5. The van der Waals surface area contributed by atoms with Crippen molar-refractivity contribution in [1.29, 1.82) is 5.41 Å². The predicted molar refractivity (Wildman–Crippen MR) is 94.1 cm³/mol. The second-order valence-corrected chi connectivity index (χ2v) is 6.52. The van der Waals surface area contributed by atoms with Crippen molar-refractivity contribution in [1.82, 2.24) is 0 Å². The standard InChI is InChI=1S/C7H14O.C6H13NO.C5H12/c1-4-7(8)5-6(2)3;1-5(2)4-6(7)8-3;1-4-5(2)3/h6H,4-5H2,1-3H3;5,7H,4H2,1-3H3;5H,4H2,1-3H3. The van der Waals surface area contributed by atoms with Gasteiger partial charge < -0.3 is 4.74 Å². The van der Waals surface area contributed by atoms with E-state index in [1.165, 1.54) is 13.5 Å². The first-order valence-corrected chi connectivity index (χ1v) is 8.23. The Labute approximate surface area is 133 Å². The summed E-state index contributed by atoms with van der Waals surface area (Å²) in [6.45, 7) is 16.8. The van der Waals surface area contributed by atoms with E-state index >= 15 is 0 Å². The fraction of sp³-hybridized carbons (Fsp3) is 0.889. The van der Waals surface area contributed by atoms with Gasteiger partial charge in [-0.25, -0.2) is 0 Å². The Morgan fingerprint density at radius 3 is 1.38 bits per heavy atom. The van der Waals surface area contributed by atoms with Crippen molar-refractivity contribution in [3.05, 3.63) is 0 Å². The number of Topliss-reactive ketones (excluding diaryl/α,β-unsaturated/α-hetero) is 1. The maximum atomic E-state index is 10.6. The van der Waals surface area contributed by atoms with Crippen molar-refractivity contribution >= 4 is 11.7 Å². The highest BCUT2D eigenvalue weighted by Gasteiger charge is 1.99. The largest absolute Gasteiger partial charge is 0.484 e. The molecular weight excluding hydrogens is 262 g/mol. The van der Waals surface area contributed by atoms with Crippen LogP contribution in [0.25, 0.3) is 0 Å². The lowest BCUT2D eigenvalue weighted by Gasteiger charge is -2.02. The Kier molecular flexibility index (Phi) is 20.6. The lowest BCUT2D eigenvalue weighted by Crippen LogP contribution is -2.02. The van der Waals surface area contributed by atoms with Crippen molar-refractivity contribution in [2.75, 3.05) is 7.11 Å². The van der Waals surface area contributed by atoms with E-state index in [-0.39, 0.29) is 0 Å². The van der Waals surface area contributed by atoms with Gasteiger partial charge in [0.05, 0.1) is 7.11 Å². The summed E-state index contributed by atoms with van der Waals surface area (Å²) in [5, 5.41) is 7.05. The quantitative estimate of drug-likeness (QED) is 0.504. The molecule has 0 rings (SSSR count). The Morgan fingerprint density at radius 2 is 1.29 bits per heavy atom. The second kappa shape index (κ2) is 17.2. The highest BCUT2D eigenvalue weighted by Crippen LogP contribution is 2.01. The second-order valence-electron chi connectivity index (χ2n) is 6.52. The normalized spacial score (nSPS) is 9.71. The van der Waals surface area contributed by atoms with Crippen molar-refractivity contribution in [3.8, 4) is 0 Å². The first-order chi connectivity index (χ1) is 9.60. The van der Waals surface area contributed by atoms with Crippen LogP contribution in [0, 0.1) is 23.2 Å². The lowest BCUT2D eigenvalue weighted by molar-refractivity contribution is -0.119. The molecule has 0 atom stereocenters. The maximum absolute atomic E-state index is 10.6. The lowest BCUT2D eigenvalue weighted by atomic mass is 10.1. The molecule has 0 amide bonds. The molecule has 3 nitrogen and oxygen atoms in total. The smallest absolute Gasteiger partial charge is 0.180 e. The zero-order valence-corrected chi connectivity index (χ0v) is 15.9. The summed E-state index contributed by atoms with van der Waals surface area (Å²) in [5.41, 5.74) is 0. The number of ether oxygens (including phenoxy) is 1. The highest BCUT2D eigenvalue weighted by molar-refractivity contribution is 5.78. The van der Waals surface area contributed by atoms with Gasteiger partial charge >= 0.3 is 0 Å². The summed E-state index contributed by atoms with van der Waals surface area (Å²) in [6, 6.07) is 0. The zero-order chi connectivity index (χ0) is 17.4. The monoisotopic (exact) mass is 301 g/mol. The summed E-state index contributed by atoms with van der Waals surface area (Å²) in [5.74, 6) is 2.69. The molecule has 0 aliphatic heterocycles. The van der Waals surface area contributed by atoms with Crippen LogP contribution in [0.15, 0.2) is 0 Å². The summed E-state index contributed by atoms with van der Waals surface area (Å²) in [6.07, 6.45) is 3.49. The fourth-order valence-electron chi connectivity index (χ4n) is 1.05. The van der Waals surface area contributed by atoms with Crippen molar-refractivity contribution < 1.29 is 9.53 Å². The SMILES string of the molecule is CCC(=O)CC(C)C.CCC(C)C.COC(=N)CC(C)C. The first-order valence-electron chi connectivity index (χ1n) is 8.23. The molecule has 128 valence electrons. The Morgan fingerprint density at radius 1 is 0.905 bits per heavy atom. The minimum atomic E-state index is 0.375. The van der Waals surface area contributed by atoms with Crippen LogP contribution >= 0.6 is 0 Å². The first kappa shape index (κ1) is 25.1. The molecule has 0 saturated heterocycles. The van der Waals surface area contributed by atoms with Crippen LogP contribution in [0.4, 0.5) is 0 Å². The maximum Gasteiger partial charge on any atom is 0.180 e. The van der Waals surface area contributed by atoms with Gasteiger partial charge in [0.25, 0.3) is 0 Å². The number of hydrogen-bond acceptors (Lipinski definition) is 3. The molecule has 0 saturated carbocycles. The van der Waals surface area contributed by atoms with Gasteiger partial charge in [-0.05, 0) is 17.8 Å². The van der Waals surface area contributed by atoms with Gasteiger partial charge in [-0.15, -0.1) is 0 Å². The van der Waals surface area contributed by atoms with Crippen LogP contribution in [-0.2, 0) is 9.53 Å². The molecule has 0 aromatic heterocycles. The number of carbonyl (C=O) groups is 1. The summed E-state index contributed by atoms with van der Waals surface area (Å²) >= 11 is 0. The molecule has 0 aliphatic rings. The van der Waals surface area contributed by atoms with Gasteiger partial charge in [-0.1, -0.05) is 61.8 Å². The molecule has 0 unspecified atom stereocenters. The van der Waals surface area contributed by atoms with Crippen LogP contribution in [0.5, 0.6) is 0 Å². The Balaban J connectivity index is -0.000000239. The minimum Gasteiger partial charge on any atom is -0.484 e. The van der Waals surface area contributed by atoms with Crippen LogP contribution in [0.2, 0.25) is 0 Å². The number of carbonyl (C=O) groups excluding carboxylic acids is 1. The van der Waals surface area contributed by atoms with Gasteiger partial charge in [-0.3, -0.25) is 10.2 Å². The number of ketones is 1. The van der Waals surface area contributed by atoms with Gasteiger partial charge in [0.1, 0.15) is 5.78 Å². The molecule has 0 radical (unpaired) electrons. The van der Waals surface area contributed by atoms with Crippen LogP contribution < -0.4 is 0 Å². The van der Waals surface area contributed by atoms with E-state index < -0.39 is 0 Å². The zero-order valence-electron chi connectivity index (χ0n) is 15.9. The average molecular weight is 302 g/mol. The number of rotatable bonds is 6. The summed E-state index contributed by atoms with van der Waals surface area (Å²) < 4.78 is 4.64. The van der Waals surface area contributed by atoms with E-state index in [9.17, 15) is 4.79 Å². The molecule has 0 heterocycles. The van der Waals surface area contributed by atoms with Crippen molar-refractivity contribution in [2.24, 2.45) is 17.8 Å². The molecule has 0 fully saturated rings. The number of hydrogen-bond donors (Lipinski definition) is 1. The number of nitrogens with one attached hydrogen (secondary N) is 1. The van der Waals surface area contributed by atoms with E-state index in [2.05, 4.69) is 53.2 Å². The predicted octanol–water partition coefficient (Wildman–Crippen LogP) is 5.72. The van der Waals surface area contributed by atoms with Crippen LogP contribution in [-0.4, -0.2) is 18.8 Å². The van der Waals surface area contributed by atoms with E-state index in [0.29, 0.717) is 29.9 Å². The number of methoxy groups -OCH3 is 1. The van der Waals surface area contributed by atoms with Gasteiger partial charge in [0, 0.05) is 19.3 Å². The van der Waals surface area contributed by atoms with E-state index in [1.807, 2.05) is 6.92 Å². The van der Waals surface area contributed by atoms with Gasteiger partial charge in [0.15, 0.2) is 5.90 Å². The van der Waals surface area contributed by atoms with E-state index in [4.69, 9.17) is 5.41 Å². The molecule has 3 heteroatoms. The Bertz CT molecular complexity index is 224. The molecule has 0 bridgehead atoms. The fourth-order valence-corrected chi connectivity index (χ4v) is 1.05. The molecule has 21 heavy (non-hydrogen) atoms. The third kappa shape index (κ3) is 32.6. The van der Waals surface area contributed by atoms with Crippen molar-refractivity contribution in [3.63, 3.8) is 0 Å². The average Bonchev–Trinajstić information content (AvgIpc) is 2.38. The van der Waals surface area contributed by atoms with Crippen LogP contribution in [0.3, 0.4) is 0 Å². The van der Waals surface area contributed by atoms with Gasteiger partial charge in [-0.2, -0.15) is 0 Å². The third-order valence-electron chi connectivity index (χ3n) is 2.69. The molecule has 0 aromatic carbocycles. The molecule has 1 N–H and O–H groups in total. The van der Waals surface area contributed by atoms with E-state index in [0.717, 1.165) is 18.8 Å². The minimum absolute atomic E-state index is 0.375. The summed E-state index contributed by atoms with van der Waals surface area (Å²) in [7, 11) is 1.53. The topological polar surface area (TPSA) is 50.2 Å². The van der Waals surface area contributed by atoms with Crippen molar-refractivity contribution in [2.45, 2.75) is 81.1 Å². The van der Waals surface area contributed by atoms with Gasteiger partial charge in [0.2, 0.25) is 0 Å². The molecule has 0 spiro atoms. The Hall–Kier alpha value is -0.860. The van der Waals surface area contributed by atoms with Crippen LogP contribution in [0.1, 0.15) is 81.1 Å².